The van der Waals surface area contributed by atoms with E-state index in [0.29, 0.717) is 138 Å². The number of β-amino-alcohol motifs (C(OH)–C–C–N with tert-alkyl or cyclic N) is 3. The predicted octanol–water partition coefficient (Wildman–Crippen LogP) is 14.8. The number of ether oxygens (including phenoxy) is 1. The third kappa shape index (κ3) is 13.6. The number of carbonyl (C=O) groups excluding carboxylic acids is 4. The molecule has 18 heteroatoms. The van der Waals surface area contributed by atoms with Crippen LogP contribution in [0.15, 0.2) is 127 Å². The van der Waals surface area contributed by atoms with Crippen LogP contribution < -0.4 is 4.74 Å². The number of amides is 4. The molecule has 14 saturated carbocycles. The Labute approximate surface area is 638 Å². The Morgan fingerprint density at radius 1 is 0.407 bits per heavy atom. The van der Waals surface area contributed by atoms with Crippen molar-refractivity contribution >= 4 is 35.2 Å². The first-order chi connectivity index (χ1) is 51.8. The molecule has 4 heterocycles. The van der Waals surface area contributed by atoms with E-state index < -0.39 is 22.8 Å². The number of fused-ring (bicyclic) bond motifs is 2. The van der Waals surface area contributed by atoms with Crippen LogP contribution in [0.5, 0.6) is 5.75 Å². The summed E-state index contributed by atoms with van der Waals surface area (Å²) in [5.41, 5.74) is 2.42. The smallest absolute Gasteiger partial charge is 0.223 e. The maximum absolute atomic E-state index is 15.2. The molecule has 13 nitrogen and oxygen atoms in total. The number of aliphatic hydroxyl groups is 4. The van der Waals surface area contributed by atoms with Crippen LogP contribution in [-0.2, 0) is 40.8 Å². The van der Waals surface area contributed by atoms with Gasteiger partial charge in [-0.25, -0.2) is 17.6 Å². The number of alkyl halides is 1. The summed E-state index contributed by atoms with van der Waals surface area (Å²) in [6.07, 6.45) is 22.6. The van der Waals surface area contributed by atoms with Gasteiger partial charge < -0.3 is 44.8 Å². The van der Waals surface area contributed by atoms with Crippen LogP contribution in [0.25, 0.3) is 0 Å². The van der Waals surface area contributed by atoms with Gasteiger partial charge in [-0.3, -0.25) is 19.2 Å². The van der Waals surface area contributed by atoms with Gasteiger partial charge >= 0.3 is 0 Å². The van der Waals surface area contributed by atoms with Crippen LogP contribution >= 0.6 is 11.6 Å². The summed E-state index contributed by atoms with van der Waals surface area (Å²) in [5, 5.41) is 40.5. The van der Waals surface area contributed by atoms with Gasteiger partial charge in [-0.05, 0) is 275 Å². The van der Waals surface area contributed by atoms with E-state index in [1.165, 1.54) is 100 Å². The maximum Gasteiger partial charge on any atom is 0.223 e. The molecule has 18 aliphatic rings. The summed E-state index contributed by atoms with van der Waals surface area (Å²) in [6.45, 7) is 6.37. The molecule has 14 bridgehead atoms. The highest BCUT2D eigenvalue weighted by Crippen LogP contribution is 2.70. The quantitative estimate of drug-likeness (QED) is 0.0790. The first-order valence-corrected chi connectivity index (χ1v) is 41.5. The molecule has 6 unspecified atom stereocenters. The van der Waals surface area contributed by atoms with Gasteiger partial charge in [0.2, 0.25) is 23.6 Å². The number of likely N-dealkylation sites (tertiary alicyclic amines) is 4. The molecule has 5 aromatic rings. The second-order valence-electron chi connectivity index (χ2n) is 37.6. The molecule has 6 atom stereocenters. The molecule has 4 amide bonds. The summed E-state index contributed by atoms with van der Waals surface area (Å²) in [7, 11) is 0. The topological polar surface area (TPSA) is 171 Å². The minimum Gasteiger partial charge on any atom is -0.487 e. The number of halogens is 5. The number of para-hydroxylation sites is 1. The van der Waals surface area contributed by atoms with Crippen molar-refractivity contribution in [3.8, 4) is 5.75 Å². The summed E-state index contributed by atoms with van der Waals surface area (Å²) in [6, 6.07) is 38.3. The van der Waals surface area contributed by atoms with Gasteiger partial charge in [0.25, 0.3) is 0 Å². The number of benzene rings is 5. The number of aliphatic hydroxyl groups excluding tert-OH is 3. The molecule has 0 radical (unpaired) electrons. The molecule has 4 N–H and O–H groups in total. The zero-order chi connectivity index (χ0) is 74.9. The molecule has 18 fully saturated rings. The van der Waals surface area contributed by atoms with Gasteiger partial charge in [-0.2, -0.15) is 0 Å². The molecular weight excluding hydrogens is 1390 g/mol. The van der Waals surface area contributed by atoms with Crippen LogP contribution in [0, 0.1) is 88.0 Å². The van der Waals surface area contributed by atoms with E-state index in [9.17, 15) is 52.8 Å². The Balaban J connectivity index is 0.000000106. The van der Waals surface area contributed by atoms with E-state index in [0.717, 1.165) is 78.3 Å². The zero-order valence-corrected chi connectivity index (χ0v) is 63.4. The van der Waals surface area contributed by atoms with Gasteiger partial charge in [0.05, 0.1) is 37.0 Å². The van der Waals surface area contributed by atoms with Crippen LogP contribution in [-0.4, -0.2) is 152 Å². The lowest BCUT2D eigenvalue weighted by Gasteiger charge is -2.65. The van der Waals surface area contributed by atoms with Gasteiger partial charge in [0, 0.05) is 91.6 Å². The van der Waals surface area contributed by atoms with Crippen LogP contribution in [0.1, 0.15) is 190 Å². The van der Waals surface area contributed by atoms with Crippen LogP contribution in [0.3, 0.4) is 0 Å². The third-order valence-corrected chi connectivity index (χ3v) is 31.3. The molecule has 4 saturated heterocycles. The lowest BCUT2D eigenvalue weighted by Crippen LogP contribution is -2.64. The number of nitrogens with zero attached hydrogens (tertiary/aromatic N) is 4. The molecule has 578 valence electrons. The zero-order valence-electron chi connectivity index (χ0n) is 62.6. The Bertz CT molecular complexity index is 3910. The molecule has 5 aromatic carbocycles. The van der Waals surface area contributed by atoms with Crippen molar-refractivity contribution in [3.05, 3.63) is 172 Å². The van der Waals surface area contributed by atoms with E-state index in [1.54, 1.807) is 34.1 Å². The van der Waals surface area contributed by atoms with Crippen molar-refractivity contribution < 1.29 is 61.9 Å². The first kappa shape index (κ1) is 74.4. The Morgan fingerprint density at radius 3 is 1.06 bits per heavy atom. The Kier molecular flexibility index (Phi) is 19.7. The maximum atomic E-state index is 15.2. The van der Waals surface area contributed by atoms with Gasteiger partial charge in [-0.15, -0.1) is 0 Å². The van der Waals surface area contributed by atoms with Crippen molar-refractivity contribution in [3.63, 3.8) is 0 Å². The number of hydrogen-bond acceptors (Lipinski definition) is 9. The van der Waals surface area contributed by atoms with Crippen molar-refractivity contribution in [1.29, 1.82) is 0 Å². The summed E-state index contributed by atoms with van der Waals surface area (Å²) in [4.78, 5) is 59.6. The van der Waals surface area contributed by atoms with Crippen molar-refractivity contribution in [2.24, 2.45) is 70.5 Å². The lowest BCUT2D eigenvalue weighted by molar-refractivity contribution is -0.174. The highest BCUT2D eigenvalue weighted by Gasteiger charge is 2.67. The summed E-state index contributed by atoms with van der Waals surface area (Å²) in [5.74, 6) is 5.48. The SMILES string of the molecule is CC12CC3CC(C1)C(CC(=O)N1CC(O)C1)(c1ccc(F)cc1)C(C3)C2.O=C(CC1(c2ccc(Cl)cc2)C2CCCC1CCC2)N1CC(O)C1.O=C(CC1(c2ccc(F)cc2)C2CC3CC1CC(F)(C3)C2)N1CC(O)C1.O=C(CC1(c2ccc(F)cc2)C2CC3CC1CC(O)(C3)C2)N1CC(Oc2ccccc2)C1. The monoisotopic (exact) mass is 1500 g/mol. The normalized spacial score (nSPS) is 37.8. The van der Waals surface area contributed by atoms with Crippen molar-refractivity contribution in [2.45, 2.75) is 225 Å². The van der Waals surface area contributed by atoms with Crippen molar-refractivity contribution in [1.82, 2.24) is 19.6 Å². The molecule has 23 rings (SSSR count). The van der Waals surface area contributed by atoms with Crippen LogP contribution in [0.4, 0.5) is 17.6 Å². The van der Waals surface area contributed by atoms with E-state index in [4.69, 9.17) is 16.3 Å². The molecule has 14 aliphatic carbocycles. The van der Waals surface area contributed by atoms with E-state index in [-0.39, 0.29) is 99.3 Å². The summed E-state index contributed by atoms with van der Waals surface area (Å²) >= 11 is 6.12. The number of carbonyl (C=O) groups is 4. The third-order valence-electron chi connectivity index (χ3n) is 31.0. The molecular formula is C90H109ClF4N4O9. The van der Waals surface area contributed by atoms with E-state index >= 15 is 4.39 Å². The Morgan fingerprint density at radius 2 is 0.722 bits per heavy atom. The van der Waals surface area contributed by atoms with E-state index in [2.05, 4.69) is 19.1 Å². The van der Waals surface area contributed by atoms with Crippen molar-refractivity contribution in [2.75, 3.05) is 52.4 Å². The fourth-order valence-corrected chi connectivity index (χ4v) is 26.9. The Hall–Kier alpha value is -6.37. The fraction of sp³-hybridized carbons (Fsp3) is 0.622. The molecule has 0 aromatic heterocycles. The minimum atomic E-state index is -1.07. The second kappa shape index (κ2) is 28.7. The second-order valence-corrected chi connectivity index (χ2v) is 38.0. The summed E-state index contributed by atoms with van der Waals surface area (Å²) < 4.78 is 62.1. The standard InChI is InChI=1S/C27H30FNO3.C22H28FNO2.C21H25F2NO2.C20H26ClNO2/c28-22-8-6-19(7-9-22)27(20-10-18-11-21(27)14-26(31,12-18)13-20)15-25(30)29-16-24(17-29)32-23-4-2-1-3-5-23;1-21-8-14-6-16(9-21)22(17(7-14)10-21,15-2-4-18(23)5-3-15)11-20(26)24-12-19(25)13-24;22-17-3-1-14(2-4-17)21(10-19(26)24-11-18(25)12-24)15-5-13-6-16(21)9-20(23,7-13)8-15;21-17-9-7-16(8-10-17)20(11-19(24)22-12-18(23)13-22)14-3-1-4-15(20)6-2-5-14/h1-9,18,20-21,24,31H,10-17H2;2-5,14,16-17,19,25H,6-13H2,1H3;1-4,13,15-16,18,25H,5-12H2;7-10,14-15,18,23H,1-6,11-13H2. The molecule has 108 heavy (non-hydrogen) atoms. The van der Waals surface area contributed by atoms with Gasteiger partial charge in [0.1, 0.15) is 35.0 Å². The first-order valence-electron chi connectivity index (χ1n) is 41.1. The van der Waals surface area contributed by atoms with Gasteiger partial charge in [-0.1, -0.05) is 98.1 Å². The molecule has 0 spiro atoms. The number of hydrogen-bond donors (Lipinski definition) is 4. The number of rotatable bonds is 14. The van der Waals surface area contributed by atoms with E-state index in [1.807, 2.05) is 76.5 Å². The van der Waals surface area contributed by atoms with Gasteiger partial charge in [0.15, 0.2) is 0 Å². The average molecular weight is 1500 g/mol. The van der Waals surface area contributed by atoms with Crippen LogP contribution in [0.2, 0.25) is 5.02 Å². The highest BCUT2D eigenvalue weighted by molar-refractivity contribution is 6.30. The fourth-order valence-electron chi connectivity index (χ4n) is 26.7. The highest BCUT2D eigenvalue weighted by atomic mass is 35.5. The molecule has 4 aliphatic heterocycles. The minimum absolute atomic E-state index is 0.0291. The average Bonchev–Trinajstić information content (AvgIpc) is 0.721. The largest absolute Gasteiger partial charge is 0.487 e. The predicted molar refractivity (Wildman–Crippen MR) is 403 cm³/mol. The lowest BCUT2D eigenvalue weighted by atomic mass is 9.39.